The summed E-state index contributed by atoms with van der Waals surface area (Å²) in [7, 11) is 1.92. The number of hydrogen-bond acceptors (Lipinski definition) is 2. The van der Waals surface area contributed by atoms with Crippen LogP contribution in [0.2, 0.25) is 0 Å². The van der Waals surface area contributed by atoms with Gasteiger partial charge in [0.1, 0.15) is 17.7 Å². The number of rotatable bonds is 4. The van der Waals surface area contributed by atoms with Gasteiger partial charge in [0, 0.05) is 18.0 Å². The lowest BCUT2D eigenvalue weighted by molar-refractivity contribution is 0.140. The Bertz CT molecular complexity index is 380. The molecule has 0 amide bonds. The number of nitrogens with one attached hydrogen (secondary N) is 1. The molecule has 1 N–H and O–H groups in total. The molecule has 0 saturated carbocycles. The fraction of sp³-hybridized carbons (Fsp3) is 0.571. The van der Waals surface area contributed by atoms with Crippen molar-refractivity contribution in [1.82, 2.24) is 5.32 Å². The molecule has 0 fully saturated rings. The highest BCUT2D eigenvalue weighted by Crippen LogP contribution is 2.36. The molecule has 17 heavy (non-hydrogen) atoms. The summed E-state index contributed by atoms with van der Waals surface area (Å²) < 4.78 is 19.1. The van der Waals surface area contributed by atoms with Crippen molar-refractivity contribution in [2.24, 2.45) is 0 Å². The maximum absolute atomic E-state index is 13.2. The van der Waals surface area contributed by atoms with Gasteiger partial charge in [0.05, 0.1) is 0 Å². The third-order valence-electron chi connectivity index (χ3n) is 3.37. The van der Waals surface area contributed by atoms with E-state index in [9.17, 15) is 4.39 Å². The van der Waals surface area contributed by atoms with Crippen molar-refractivity contribution in [2.75, 3.05) is 7.05 Å². The SMILES string of the molecule is CCCCC1CC(NC)c2cc(F)ccc2O1. The van der Waals surface area contributed by atoms with Crippen LogP contribution in [0.3, 0.4) is 0 Å². The third-order valence-corrected chi connectivity index (χ3v) is 3.37. The molecule has 2 rings (SSSR count). The Kier molecular flexibility index (Phi) is 4.00. The van der Waals surface area contributed by atoms with Crippen molar-refractivity contribution in [3.05, 3.63) is 29.6 Å². The summed E-state index contributed by atoms with van der Waals surface area (Å²) in [6, 6.07) is 4.99. The maximum atomic E-state index is 13.2. The molecule has 0 aliphatic carbocycles. The van der Waals surface area contributed by atoms with Gasteiger partial charge in [-0.2, -0.15) is 0 Å². The summed E-state index contributed by atoms with van der Waals surface area (Å²) in [4.78, 5) is 0. The predicted molar refractivity (Wildman–Crippen MR) is 66.8 cm³/mol. The van der Waals surface area contributed by atoms with E-state index in [1.807, 2.05) is 7.05 Å². The molecule has 1 heterocycles. The smallest absolute Gasteiger partial charge is 0.124 e. The Hall–Kier alpha value is -1.09. The van der Waals surface area contributed by atoms with E-state index in [-0.39, 0.29) is 18.0 Å². The summed E-state index contributed by atoms with van der Waals surface area (Å²) in [5.41, 5.74) is 0.945. The summed E-state index contributed by atoms with van der Waals surface area (Å²) in [6.45, 7) is 2.18. The fourth-order valence-electron chi connectivity index (χ4n) is 2.40. The first-order valence-electron chi connectivity index (χ1n) is 6.38. The van der Waals surface area contributed by atoms with Gasteiger partial charge in [-0.3, -0.25) is 0 Å². The molecule has 1 aliphatic heterocycles. The Morgan fingerprint density at radius 2 is 2.29 bits per heavy atom. The van der Waals surface area contributed by atoms with Gasteiger partial charge in [-0.05, 0) is 31.7 Å². The summed E-state index contributed by atoms with van der Waals surface area (Å²) in [5, 5.41) is 3.25. The lowest BCUT2D eigenvalue weighted by Gasteiger charge is -2.32. The molecule has 1 aliphatic rings. The molecule has 0 aromatic heterocycles. The van der Waals surface area contributed by atoms with E-state index >= 15 is 0 Å². The molecule has 1 aromatic rings. The summed E-state index contributed by atoms with van der Waals surface area (Å²) in [6.07, 6.45) is 4.61. The predicted octanol–water partition coefficient (Wildman–Crippen LogP) is 3.43. The largest absolute Gasteiger partial charge is 0.490 e. The van der Waals surface area contributed by atoms with Crippen LogP contribution in [0.1, 0.15) is 44.2 Å². The second-order valence-electron chi connectivity index (χ2n) is 4.64. The average Bonchev–Trinajstić information content (AvgIpc) is 2.35. The molecule has 94 valence electrons. The van der Waals surface area contributed by atoms with E-state index in [2.05, 4.69) is 12.2 Å². The number of fused-ring (bicyclic) bond motifs is 1. The van der Waals surface area contributed by atoms with Crippen molar-refractivity contribution < 1.29 is 9.13 Å². The molecule has 1 aromatic carbocycles. The zero-order valence-electron chi connectivity index (χ0n) is 10.5. The lowest BCUT2D eigenvalue weighted by atomic mass is 9.94. The fourth-order valence-corrected chi connectivity index (χ4v) is 2.40. The molecule has 2 atom stereocenters. The monoisotopic (exact) mass is 237 g/mol. The van der Waals surface area contributed by atoms with Crippen LogP contribution in [-0.2, 0) is 0 Å². The Balaban J connectivity index is 2.17. The first kappa shape index (κ1) is 12.4. The minimum Gasteiger partial charge on any atom is -0.490 e. The average molecular weight is 237 g/mol. The van der Waals surface area contributed by atoms with Crippen LogP contribution in [0, 0.1) is 5.82 Å². The number of halogens is 1. The van der Waals surface area contributed by atoms with Crippen LogP contribution in [0.5, 0.6) is 5.75 Å². The Morgan fingerprint density at radius 3 is 3.00 bits per heavy atom. The van der Waals surface area contributed by atoms with E-state index in [1.165, 1.54) is 18.9 Å². The minimum atomic E-state index is -0.195. The first-order valence-corrected chi connectivity index (χ1v) is 6.38. The van der Waals surface area contributed by atoms with E-state index in [0.717, 1.165) is 24.2 Å². The molecular weight excluding hydrogens is 217 g/mol. The van der Waals surface area contributed by atoms with Gasteiger partial charge in [-0.25, -0.2) is 4.39 Å². The van der Waals surface area contributed by atoms with Crippen molar-refractivity contribution >= 4 is 0 Å². The summed E-state index contributed by atoms with van der Waals surface area (Å²) in [5.74, 6) is 0.637. The van der Waals surface area contributed by atoms with E-state index in [4.69, 9.17) is 4.74 Å². The van der Waals surface area contributed by atoms with Crippen LogP contribution in [-0.4, -0.2) is 13.2 Å². The van der Waals surface area contributed by atoms with Gasteiger partial charge < -0.3 is 10.1 Å². The number of ether oxygens (including phenoxy) is 1. The van der Waals surface area contributed by atoms with E-state index < -0.39 is 0 Å². The van der Waals surface area contributed by atoms with Crippen LogP contribution in [0.15, 0.2) is 18.2 Å². The van der Waals surface area contributed by atoms with Crippen molar-refractivity contribution in [3.63, 3.8) is 0 Å². The van der Waals surface area contributed by atoms with Gasteiger partial charge in [-0.1, -0.05) is 19.8 Å². The molecule has 0 saturated heterocycles. The van der Waals surface area contributed by atoms with Crippen LogP contribution >= 0.6 is 0 Å². The highest BCUT2D eigenvalue weighted by atomic mass is 19.1. The Labute approximate surface area is 102 Å². The van der Waals surface area contributed by atoms with Gasteiger partial charge in [0.25, 0.3) is 0 Å². The molecule has 0 spiro atoms. The highest BCUT2D eigenvalue weighted by molar-refractivity contribution is 5.38. The molecule has 2 unspecified atom stereocenters. The zero-order valence-corrected chi connectivity index (χ0v) is 10.5. The number of hydrogen-bond donors (Lipinski definition) is 1. The van der Waals surface area contributed by atoms with Crippen molar-refractivity contribution in [1.29, 1.82) is 0 Å². The zero-order chi connectivity index (χ0) is 12.3. The van der Waals surface area contributed by atoms with Crippen LogP contribution < -0.4 is 10.1 Å². The first-order chi connectivity index (χ1) is 8.24. The molecule has 3 heteroatoms. The minimum absolute atomic E-state index is 0.195. The van der Waals surface area contributed by atoms with E-state index in [0.29, 0.717) is 0 Å². The van der Waals surface area contributed by atoms with Gasteiger partial charge in [-0.15, -0.1) is 0 Å². The van der Waals surface area contributed by atoms with Crippen LogP contribution in [0.4, 0.5) is 4.39 Å². The topological polar surface area (TPSA) is 21.3 Å². The van der Waals surface area contributed by atoms with Gasteiger partial charge >= 0.3 is 0 Å². The second-order valence-corrected chi connectivity index (χ2v) is 4.64. The molecule has 2 nitrogen and oxygen atoms in total. The second kappa shape index (κ2) is 5.50. The lowest BCUT2D eigenvalue weighted by Crippen LogP contribution is -2.31. The Morgan fingerprint density at radius 1 is 1.47 bits per heavy atom. The molecule has 0 radical (unpaired) electrons. The van der Waals surface area contributed by atoms with Gasteiger partial charge in [0.15, 0.2) is 0 Å². The van der Waals surface area contributed by atoms with E-state index in [1.54, 1.807) is 12.1 Å². The standard InChI is InChI=1S/C14H20FNO/c1-3-4-5-11-9-13(16-2)12-8-10(15)6-7-14(12)17-11/h6-8,11,13,16H,3-5,9H2,1-2H3. The van der Waals surface area contributed by atoms with Crippen LogP contribution in [0.25, 0.3) is 0 Å². The van der Waals surface area contributed by atoms with Crippen molar-refractivity contribution in [2.45, 2.75) is 44.8 Å². The maximum Gasteiger partial charge on any atom is 0.124 e. The number of unbranched alkanes of at least 4 members (excludes halogenated alkanes) is 1. The third kappa shape index (κ3) is 2.78. The number of benzene rings is 1. The summed E-state index contributed by atoms with van der Waals surface area (Å²) >= 11 is 0. The molecule has 0 bridgehead atoms. The normalized spacial score (nSPS) is 23.0. The van der Waals surface area contributed by atoms with Crippen molar-refractivity contribution in [3.8, 4) is 5.75 Å². The highest BCUT2D eigenvalue weighted by Gasteiger charge is 2.27. The molecular formula is C14H20FNO. The quantitative estimate of drug-likeness (QED) is 0.866. The van der Waals surface area contributed by atoms with Gasteiger partial charge in [0.2, 0.25) is 0 Å².